The van der Waals surface area contributed by atoms with E-state index in [-0.39, 0.29) is 5.97 Å². The molecule has 2 aromatic rings. The lowest BCUT2D eigenvalue weighted by molar-refractivity contribution is 0.0529. The second kappa shape index (κ2) is 3.77. The summed E-state index contributed by atoms with van der Waals surface area (Å²) in [7, 11) is 1.94. The minimum Gasteiger partial charge on any atom is -0.462 e. The molecule has 15 heavy (non-hydrogen) atoms. The van der Waals surface area contributed by atoms with E-state index in [4.69, 9.17) is 4.74 Å². The highest BCUT2D eigenvalue weighted by Gasteiger charge is 2.13. The number of rotatable bonds is 2. The van der Waals surface area contributed by atoms with E-state index in [2.05, 4.69) is 9.97 Å². The zero-order valence-electron chi connectivity index (χ0n) is 8.70. The largest absolute Gasteiger partial charge is 0.462 e. The number of pyridine rings is 1. The van der Waals surface area contributed by atoms with E-state index < -0.39 is 0 Å². The minimum atomic E-state index is -0.309. The van der Waals surface area contributed by atoms with E-state index in [9.17, 15) is 4.79 Å². The number of hydrogen-bond donors (Lipinski definition) is 1. The smallest absolute Gasteiger partial charge is 0.340 e. The molecule has 0 bridgehead atoms. The third-order valence-electron chi connectivity index (χ3n) is 2.16. The normalized spacial score (nSPS) is 10.5. The summed E-state index contributed by atoms with van der Waals surface area (Å²) in [6.07, 6.45) is 3.39. The Labute approximate surface area is 88.1 Å². The van der Waals surface area contributed by atoms with E-state index in [0.717, 1.165) is 10.8 Å². The monoisotopic (exact) mass is 202 g/mol. The van der Waals surface area contributed by atoms with Crippen LogP contribution in [-0.2, 0) is 4.74 Å². The highest BCUT2D eigenvalue weighted by Crippen LogP contribution is 2.15. The SMILES string of the molecule is Bc1cnc2[nH]cc(C(=O)OCC)c2c1. The van der Waals surface area contributed by atoms with Crippen molar-refractivity contribution >= 4 is 30.3 Å². The van der Waals surface area contributed by atoms with Crippen molar-refractivity contribution in [2.75, 3.05) is 6.61 Å². The second-order valence-corrected chi connectivity index (χ2v) is 3.33. The van der Waals surface area contributed by atoms with Gasteiger partial charge in [0, 0.05) is 17.8 Å². The van der Waals surface area contributed by atoms with E-state index in [1.165, 1.54) is 0 Å². The fraction of sp³-hybridized carbons (Fsp3) is 0.200. The zero-order chi connectivity index (χ0) is 10.8. The third-order valence-corrected chi connectivity index (χ3v) is 2.16. The van der Waals surface area contributed by atoms with Crippen molar-refractivity contribution in [1.82, 2.24) is 9.97 Å². The van der Waals surface area contributed by atoms with Gasteiger partial charge in [0.2, 0.25) is 0 Å². The molecular formula is C10H11BN2O2. The molecule has 2 heterocycles. The van der Waals surface area contributed by atoms with Crippen LogP contribution in [0.1, 0.15) is 17.3 Å². The maximum Gasteiger partial charge on any atom is 0.340 e. The highest BCUT2D eigenvalue weighted by atomic mass is 16.5. The van der Waals surface area contributed by atoms with Gasteiger partial charge in [-0.25, -0.2) is 9.78 Å². The topological polar surface area (TPSA) is 55.0 Å². The molecule has 0 saturated heterocycles. The van der Waals surface area contributed by atoms with E-state index in [1.807, 2.05) is 13.9 Å². The molecule has 0 saturated carbocycles. The lowest BCUT2D eigenvalue weighted by Gasteiger charge is -1.99. The minimum absolute atomic E-state index is 0.309. The predicted molar refractivity (Wildman–Crippen MR) is 60.2 cm³/mol. The van der Waals surface area contributed by atoms with Crippen molar-refractivity contribution in [3.05, 3.63) is 24.0 Å². The summed E-state index contributed by atoms with van der Waals surface area (Å²) in [6.45, 7) is 2.17. The Bertz CT molecular complexity index is 507. The second-order valence-electron chi connectivity index (χ2n) is 3.33. The van der Waals surface area contributed by atoms with Crippen LogP contribution >= 0.6 is 0 Å². The number of ether oxygens (including phenoxy) is 1. The Morgan fingerprint density at radius 1 is 1.67 bits per heavy atom. The van der Waals surface area contributed by atoms with Crippen molar-refractivity contribution < 1.29 is 9.53 Å². The molecule has 0 aliphatic heterocycles. The van der Waals surface area contributed by atoms with Gasteiger partial charge in [-0.15, -0.1) is 0 Å². The van der Waals surface area contributed by atoms with Crippen molar-refractivity contribution in [3.8, 4) is 0 Å². The van der Waals surface area contributed by atoms with E-state index in [0.29, 0.717) is 17.8 Å². The third kappa shape index (κ3) is 1.72. The van der Waals surface area contributed by atoms with Crippen molar-refractivity contribution in [3.63, 3.8) is 0 Å². The van der Waals surface area contributed by atoms with Crippen LogP contribution in [0.3, 0.4) is 0 Å². The molecule has 4 nitrogen and oxygen atoms in total. The Kier molecular flexibility index (Phi) is 2.45. The molecule has 0 unspecified atom stereocenters. The van der Waals surface area contributed by atoms with Gasteiger partial charge in [0.25, 0.3) is 0 Å². The number of carbonyl (C=O) groups is 1. The molecule has 2 rings (SSSR count). The molecule has 1 N–H and O–H groups in total. The zero-order valence-corrected chi connectivity index (χ0v) is 8.70. The van der Waals surface area contributed by atoms with Gasteiger partial charge in [0.15, 0.2) is 0 Å². The summed E-state index contributed by atoms with van der Waals surface area (Å²) in [4.78, 5) is 18.7. The molecule has 2 aromatic heterocycles. The lowest BCUT2D eigenvalue weighted by atomic mass is 9.97. The van der Waals surface area contributed by atoms with Crippen LogP contribution in [0.5, 0.6) is 0 Å². The Balaban J connectivity index is 2.52. The average Bonchev–Trinajstić information content (AvgIpc) is 2.60. The Morgan fingerprint density at radius 3 is 3.20 bits per heavy atom. The summed E-state index contributed by atoms with van der Waals surface area (Å²) >= 11 is 0. The number of aromatic nitrogens is 2. The number of fused-ring (bicyclic) bond motifs is 1. The molecule has 76 valence electrons. The van der Waals surface area contributed by atoms with Crippen LogP contribution in [0.2, 0.25) is 0 Å². The van der Waals surface area contributed by atoms with Gasteiger partial charge in [0.05, 0.1) is 12.2 Å². The number of aromatic amines is 1. The summed E-state index contributed by atoms with van der Waals surface area (Å²) in [5.41, 5.74) is 2.28. The van der Waals surface area contributed by atoms with Crippen molar-refractivity contribution in [1.29, 1.82) is 0 Å². The average molecular weight is 202 g/mol. The Morgan fingerprint density at radius 2 is 2.47 bits per heavy atom. The van der Waals surface area contributed by atoms with Gasteiger partial charge in [0.1, 0.15) is 13.5 Å². The number of nitrogens with zero attached hydrogens (tertiary/aromatic N) is 1. The van der Waals surface area contributed by atoms with Crippen LogP contribution in [-0.4, -0.2) is 30.4 Å². The fourth-order valence-corrected chi connectivity index (χ4v) is 1.49. The molecule has 0 atom stereocenters. The number of carbonyl (C=O) groups excluding carboxylic acids is 1. The lowest BCUT2D eigenvalue weighted by Crippen LogP contribution is -2.06. The maximum atomic E-state index is 11.6. The van der Waals surface area contributed by atoms with Crippen molar-refractivity contribution in [2.24, 2.45) is 0 Å². The molecule has 0 amide bonds. The molecule has 5 heteroatoms. The van der Waals surface area contributed by atoms with E-state index >= 15 is 0 Å². The number of H-pyrrole nitrogens is 1. The number of esters is 1. The van der Waals surface area contributed by atoms with E-state index in [1.54, 1.807) is 19.3 Å². The van der Waals surface area contributed by atoms with Gasteiger partial charge < -0.3 is 9.72 Å². The molecule has 0 fully saturated rings. The molecular weight excluding hydrogens is 191 g/mol. The Hall–Kier alpha value is -1.78. The van der Waals surface area contributed by atoms with Crippen LogP contribution in [0.4, 0.5) is 0 Å². The number of hydrogen-bond acceptors (Lipinski definition) is 3. The van der Waals surface area contributed by atoms with Crippen LogP contribution in [0.15, 0.2) is 18.5 Å². The summed E-state index contributed by atoms with van der Waals surface area (Å²) in [5.74, 6) is -0.309. The van der Waals surface area contributed by atoms with Crippen LogP contribution < -0.4 is 5.46 Å². The van der Waals surface area contributed by atoms with Crippen LogP contribution in [0.25, 0.3) is 11.0 Å². The summed E-state index contributed by atoms with van der Waals surface area (Å²) in [6, 6.07) is 1.92. The molecule has 0 spiro atoms. The first-order valence-electron chi connectivity index (χ1n) is 4.83. The van der Waals surface area contributed by atoms with Crippen molar-refractivity contribution in [2.45, 2.75) is 6.92 Å². The highest BCUT2D eigenvalue weighted by molar-refractivity contribution is 6.33. The summed E-state index contributed by atoms with van der Waals surface area (Å²) in [5, 5.41) is 0.813. The predicted octanol–water partition coefficient (Wildman–Crippen LogP) is -0.00200. The fourth-order valence-electron chi connectivity index (χ4n) is 1.49. The molecule has 0 aliphatic carbocycles. The first kappa shape index (κ1) is 9.77. The van der Waals surface area contributed by atoms with Gasteiger partial charge in [-0.05, 0) is 6.92 Å². The van der Waals surface area contributed by atoms with Gasteiger partial charge >= 0.3 is 5.97 Å². The standard InChI is InChI=1S/C10H11BN2O2/c1-2-15-10(14)8-5-13-9-7(8)3-6(11)4-12-9/h3-5H,2,11H2,1H3,(H,12,13). The van der Waals surface area contributed by atoms with Gasteiger partial charge in [-0.1, -0.05) is 11.5 Å². The molecule has 0 radical (unpaired) electrons. The first-order valence-corrected chi connectivity index (χ1v) is 4.83. The maximum absolute atomic E-state index is 11.6. The quantitative estimate of drug-likeness (QED) is 0.550. The summed E-state index contributed by atoms with van der Waals surface area (Å²) < 4.78 is 4.95. The first-order chi connectivity index (χ1) is 7.22. The van der Waals surface area contributed by atoms with Crippen LogP contribution in [0, 0.1) is 0 Å². The number of nitrogens with one attached hydrogen (secondary N) is 1. The van der Waals surface area contributed by atoms with Gasteiger partial charge in [-0.2, -0.15) is 0 Å². The van der Waals surface area contributed by atoms with Gasteiger partial charge in [-0.3, -0.25) is 0 Å². The molecule has 0 aliphatic rings. The molecule has 0 aromatic carbocycles.